The summed E-state index contributed by atoms with van der Waals surface area (Å²) in [4.78, 5) is 51.8. The normalized spacial score (nSPS) is 11.1. The fraction of sp³-hybridized carbons (Fsp3) is 0.214. The van der Waals surface area contributed by atoms with Crippen LogP contribution in [0.4, 0.5) is 0 Å². The van der Waals surface area contributed by atoms with E-state index in [-0.39, 0.29) is 21.5 Å². The van der Waals surface area contributed by atoms with Gasteiger partial charge in [0.25, 0.3) is 22.2 Å². The van der Waals surface area contributed by atoms with Crippen LogP contribution in [0.25, 0.3) is 27.2 Å². The third-order valence-electron chi connectivity index (χ3n) is 5.62. The van der Waals surface area contributed by atoms with E-state index < -0.39 is 22.2 Å². The predicted octanol–water partition coefficient (Wildman–Crippen LogP) is 4.76. The minimum absolute atomic E-state index is 0.101. The Hall–Kier alpha value is -4.26. The van der Waals surface area contributed by atoms with E-state index in [1.54, 1.807) is 24.3 Å². The summed E-state index contributed by atoms with van der Waals surface area (Å²) >= 11 is 0. The molecule has 2 heterocycles. The molecule has 0 atom stereocenters. The van der Waals surface area contributed by atoms with Gasteiger partial charge in [-0.15, -0.1) is 0 Å². The molecule has 1 N–H and O–H groups in total. The van der Waals surface area contributed by atoms with Gasteiger partial charge >= 0.3 is 0 Å². The molecule has 0 aliphatic carbocycles. The van der Waals surface area contributed by atoms with Crippen LogP contribution >= 0.6 is 0 Å². The number of benzene rings is 3. The molecule has 35 heavy (non-hydrogen) atoms. The van der Waals surface area contributed by atoms with E-state index in [0.717, 1.165) is 4.57 Å². The Kier molecular flexibility index (Phi) is 6.51. The highest BCUT2D eigenvalue weighted by Gasteiger charge is 2.18. The highest BCUT2D eigenvalue weighted by molar-refractivity contribution is 5.97. The van der Waals surface area contributed by atoms with Gasteiger partial charge in [-0.3, -0.25) is 24.2 Å². The molecule has 0 bridgehead atoms. The van der Waals surface area contributed by atoms with Crippen LogP contribution < -0.4 is 27.0 Å². The zero-order valence-corrected chi connectivity index (χ0v) is 20.0. The number of nitrogens with zero attached hydrogens (tertiary/aromatic N) is 1. The van der Waals surface area contributed by atoms with Crippen molar-refractivity contribution in [2.24, 2.45) is 0 Å². The highest BCUT2D eigenvalue weighted by atomic mass is 16.5. The number of fused-ring (bicyclic) bond motifs is 2. The molecule has 0 aliphatic rings. The molecule has 0 aliphatic heterocycles. The lowest BCUT2D eigenvalue weighted by Gasteiger charge is -2.09. The summed E-state index contributed by atoms with van der Waals surface area (Å²) in [6.07, 6.45) is 1.25. The van der Waals surface area contributed by atoms with E-state index in [2.05, 4.69) is 32.7 Å². The summed E-state index contributed by atoms with van der Waals surface area (Å²) in [6.45, 7) is 8.49. The van der Waals surface area contributed by atoms with Gasteiger partial charge in [0.1, 0.15) is 11.5 Å². The zero-order chi connectivity index (χ0) is 25.3. The summed E-state index contributed by atoms with van der Waals surface area (Å²) in [5.41, 5.74) is -0.655. The first-order valence-electron chi connectivity index (χ1n) is 11.6. The quantitative estimate of drug-likeness (QED) is 0.408. The van der Waals surface area contributed by atoms with Gasteiger partial charge in [-0.2, -0.15) is 0 Å². The topological polar surface area (TPSA) is 98.2 Å². The molecule has 0 saturated heterocycles. The fourth-order valence-electron chi connectivity index (χ4n) is 3.85. The molecule has 0 unspecified atom stereocenters. The molecule has 178 valence electrons. The highest BCUT2D eigenvalue weighted by Crippen LogP contribution is 2.25. The van der Waals surface area contributed by atoms with Crippen LogP contribution in [0.15, 0.2) is 79.8 Å². The van der Waals surface area contributed by atoms with Crippen LogP contribution in [0.3, 0.4) is 0 Å². The number of aromatic amines is 1. The van der Waals surface area contributed by atoms with Gasteiger partial charge in [0.2, 0.25) is 0 Å². The van der Waals surface area contributed by atoms with E-state index >= 15 is 0 Å². The standard InChI is InChI=1S/C25H18N2O5.C3H8/c1-13(2)14-3-7-16(8-4-14)32-17-9-5-15(6-10-17)27-24(30)20-11-18-19(12-21(20)25(27)31)23(29)26-22(18)28;1-3-2/h3-13H,1-2H3,(H,26,28,29);3H2,1-2H3. The SMILES string of the molecule is CC(C)c1ccc(Oc2ccc(-n3c(=O)c4cc5c(=O)[nH]c(=O)c5cc4c3=O)cc2)cc1.CCC. The van der Waals surface area contributed by atoms with Gasteiger partial charge in [0.05, 0.1) is 27.2 Å². The van der Waals surface area contributed by atoms with Crippen molar-refractivity contribution in [1.82, 2.24) is 9.55 Å². The molecule has 0 saturated carbocycles. The second kappa shape index (κ2) is 9.54. The molecule has 7 heteroatoms. The molecular formula is C28H26N2O5. The summed E-state index contributed by atoms with van der Waals surface area (Å²) in [7, 11) is 0. The average molecular weight is 471 g/mol. The van der Waals surface area contributed by atoms with Crippen molar-refractivity contribution in [3.05, 3.63) is 108 Å². The van der Waals surface area contributed by atoms with Crippen LogP contribution in [0.5, 0.6) is 11.5 Å². The van der Waals surface area contributed by atoms with Gasteiger partial charge in [-0.05, 0) is 60.0 Å². The summed E-state index contributed by atoms with van der Waals surface area (Å²) in [6, 6.07) is 17.0. The predicted molar refractivity (Wildman–Crippen MR) is 139 cm³/mol. The van der Waals surface area contributed by atoms with Crippen molar-refractivity contribution >= 4 is 21.5 Å². The monoisotopic (exact) mass is 470 g/mol. The van der Waals surface area contributed by atoms with Gasteiger partial charge in [0, 0.05) is 0 Å². The first-order chi connectivity index (χ1) is 16.7. The van der Waals surface area contributed by atoms with Gasteiger partial charge in [-0.1, -0.05) is 46.2 Å². The van der Waals surface area contributed by atoms with Crippen molar-refractivity contribution < 1.29 is 4.74 Å². The number of hydrogen-bond acceptors (Lipinski definition) is 5. The first kappa shape index (κ1) is 23.9. The van der Waals surface area contributed by atoms with Gasteiger partial charge in [0.15, 0.2) is 0 Å². The molecule has 0 amide bonds. The van der Waals surface area contributed by atoms with E-state index in [9.17, 15) is 19.2 Å². The molecule has 0 radical (unpaired) electrons. The Balaban J connectivity index is 0.000000917. The maximum absolute atomic E-state index is 12.9. The Morgan fingerprint density at radius 2 is 1.14 bits per heavy atom. The molecule has 0 fully saturated rings. The number of aromatic nitrogens is 2. The number of ether oxygens (including phenoxy) is 1. The molecule has 5 aromatic rings. The second-order valence-electron chi connectivity index (χ2n) is 8.70. The third-order valence-corrected chi connectivity index (χ3v) is 5.62. The molecular weight excluding hydrogens is 444 g/mol. The van der Waals surface area contributed by atoms with Gasteiger partial charge < -0.3 is 4.74 Å². The van der Waals surface area contributed by atoms with Crippen LogP contribution in [-0.4, -0.2) is 9.55 Å². The van der Waals surface area contributed by atoms with Crippen molar-refractivity contribution in [2.45, 2.75) is 40.0 Å². The largest absolute Gasteiger partial charge is 0.457 e. The minimum Gasteiger partial charge on any atom is -0.457 e. The van der Waals surface area contributed by atoms with E-state index in [0.29, 0.717) is 23.1 Å². The third kappa shape index (κ3) is 4.45. The molecule has 5 rings (SSSR count). The van der Waals surface area contributed by atoms with Crippen LogP contribution in [0.2, 0.25) is 0 Å². The number of hydrogen-bond donors (Lipinski definition) is 1. The molecule has 3 aromatic carbocycles. The number of H-pyrrole nitrogens is 1. The number of nitrogens with one attached hydrogen (secondary N) is 1. The lowest BCUT2D eigenvalue weighted by Crippen LogP contribution is -2.23. The molecule has 7 nitrogen and oxygen atoms in total. The summed E-state index contributed by atoms with van der Waals surface area (Å²) in [5, 5.41) is 0.404. The lowest BCUT2D eigenvalue weighted by molar-refractivity contribution is 0.482. The van der Waals surface area contributed by atoms with Crippen LogP contribution in [0.1, 0.15) is 45.6 Å². The Bertz CT molecular complexity index is 1620. The summed E-state index contributed by atoms with van der Waals surface area (Å²) in [5.74, 6) is 1.67. The van der Waals surface area contributed by atoms with E-state index in [4.69, 9.17) is 4.74 Å². The van der Waals surface area contributed by atoms with E-state index in [1.165, 1.54) is 24.1 Å². The van der Waals surface area contributed by atoms with Gasteiger partial charge in [-0.25, -0.2) is 4.57 Å². The van der Waals surface area contributed by atoms with Crippen molar-refractivity contribution in [2.75, 3.05) is 0 Å². The average Bonchev–Trinajstić information content (AvgIpc) is 3.26. The van der Waals surface area contributed by atoms with Crippen molar-refractivity contribution in [3.8, 4) is 17.2 Å². The van der Waals surface area contributed by atoms with E-state index in [1.807, 2.05) is 24.3 Å². The lowest BCUT2D eigenvalue weighted by atomic mass is 10.0. The maximum Gasteiger partial charge on any atom is 0.266 e. The minimum atomic E-state index is -0.575. The molecule has 0 spiro atoms. The smallest absolute Gasteiger partial charge is 0.266 e. The second-order valence-corrected chi connectivity index (χ2v) is 8.70. The zero-order valence-electron chi connectivity index (χ0n) is 20.0. The van der Waals surface area contributed by atoms with Crippen LogP contribution in [-0.2, 0) is 0 Å². The number of rotatable bonds is 4. The fourth-order valence-corrected chi connectivity index (χ4v) is 3.85. The van der Waals surface area contributed by atoms with Crippen molar-refractivity contribution in [3.63, 3.8) is 0 Å². The molecule has 2 aromatic heterocycles. The summed E-state index contributed by atoms with van der Waals surface area (Å²) < 4.78 is 6.88. The maximum atomic E-state index is 12.9. The first-order valence-corrected chi connectivity index (χ1v) is 11.6. The Morgan fingerprint density at radius 3 is 1.57 bits per heavy atom. The van der Waals surface area contributed by atoms with Crippen LogP contribution in [0, 0.1) is 0 Å². The van der Waals surface area contributed by atoms with Crippen molar-refractivity contribution in [1.29, 1.82) is 0 Å². The Labute approximate surface area is 200 Å². The Morgan fingerprint density at radius 1 is 0.714 bits per heavy atom.